The summed E-state index contributed by atoms with van der Waals surface area (Å²) >= 11 is 0. The molecular weight excluding hydrogens is 106 g/mol. The van der Waals surface area contributed by atoms with Crippen molar-refractivity contribution in [1.82, 2.24) is 10.2 Å². The van der Waals surface area contributed by atoms with E-state index in [4.69, 9.17) is 4.42 Å². The Labute approximate surface area is 46.9 Å². The van der Waals surface area contributed by atoms with Gasteiger partial charge >= 0.3 is 6.01 Å². The maximum atomic E-state index is 4.95. The number of hydrogen-bond acceptors (Lipinski definition) is 3. The first kappa shape index (κ1) is 5.24. The third kappa shape index (κ3) is 0.840. The van der Waals surface area contributed by atoms with Gasteiger partial charge < -0.3 is 4.42 Å². The molecule has 0 bridgehead atoms. The summed E-state index contributed by atoms with van der Waals surface area (Å²) in [7, 11) is 1.85. The molecule has 1 aromatic heterocycles. The quantitative estimate of drug-likeness (QED) is 0.520. The van der Waals surface area contributed by atoms with Crippen LogP contribution in [0.4, 0.5) is 6.01 Å². The smallest absolute Gasteiger partial charge is 0.380 e. The van der Waals surface area contributed by atoms with E-state index in [2.05, 4.69) is 10.2 Å². The minimum absolute atomic E-state index is 0.586. The molecule has 0 saturated carbocycles. The lowest BCUT2D eigenvalue weighted by Crippen LogP contribution is -2.73. The third-order valence-corrected chi connectivity index (χ3v) is 0.789. The normalized spacial score (nSPS) is 9.75. The maximum absolute atomic E-state index is 4.95. The van der Waals surface area contributed by atoms with Crippen LogP contribution in [0.15, 0.2) is 4.42 Å². The lowest BCUT2D eigenvalue weighted by Gasteiger charge is -1.76. The molecule has 0 aliphatic carbocycles. The Bertz CT molecular complexity index is 172. The lowest BCUT2D eigenvalue weighted by atomic mass is 10.8. The van der Waals surface area contributed by atoms with E-state index < -0.39 is 0 Å². The van der Waals surface area contributed by atoms with Gasteiger partial charge in [0.25, 0.3) is 0 Å². The minimum Gasteiger partial charge on any atom is -0.380 e. The molecule has 8 heavy (non-hydrogen) atoms. The van der Waals surface area contributed by atoms with Crippen molar-refractivity contribution in [2.75, 3.05) is 7.05 Å². The van der Waals surface area contributed by atoms with Crippen molar-refractivity contribution in [3.05, 3.63) is 5.89 Å². The summed E-state index contributed by atoms with van der Waals surface area (Å²) in [6, 6.07) is 0.586. The molecule has 0 amide bonds. The van der Waals surface area contributed by atoms with Crippen molar-refractivity contribution >= 4 is 6.01 Å². The molecule has 0 aliphatic rings. The highest BCUT2D eigenvalue weighted by molar-refractivity contribution is 4.88. The Morgan fingerprint density at radius 3 is 2.50 bits per heavy atom. The van der Waals surface area contributed by atoms with E-state index in [0.717, 1.165) is 0 Å². The number of hydrogen-bond donors (Lipinski definition) is 1. The van der Waals surface area contributed by atoms with E-state index in [1.165, 1.54) is 0 Å². The van der Waals surface area contributed by atoms with Gasteiger partial charge in [0.05, 0.1) is 7.05 Å². The van der Waals surface area contributed by atoms with Crippen LogP contribution < -0.4 is 5.32 Å². The van der Waals surface area contributed by atoms with E-state index >= 15 is 0 Å². The van der Waals surface area contributed by atoms with E-state index in [9.17, 15) is 0 Å². The number of aryl methyl sites for hydroxylation is 1. The summed E-state index contributed by atoms with van der Waals surface area (Å²) in [6.45, 7) is 1.76. The zero-order valence-corrected chi connectivity index (χ0v) is 4.88. The molecular formula is C4H8N3O+. The zero-order valence-electron chi connectivity index (χ0n) is 4.88. The molecule has 0 spiro atoms. The fraction of sp³-hybridized carbons (Fsp3) is 0.500. The van der Waals surface area contributed by atoms with Crippen molar-refractivity contribution in [3.8, 4) is 0 Å². The van der Waals surface area contributed by atoms with Gasteiger partial charge in [0.15, 0.2) is 0 Å². The summed E-state index contributed by atoms with van der Waals surface area (Å²) < 4.78 is 4.95. The molecule has 0 unspecified atom stereocenters. The second-order valence-corrected chi connectivity index (χ2v) is 1.45. The summed E-state index contributed by atoms with van der Waals surface area (Å²) in [5, 5.41) is 9.07. The number of aromatic nitrogens is 2. The van der Waals surface area contributed by atoms with Gasteiger partial charge in [0.2, 0.25) is 5.89 Å². The number of quaternary nitrogens is 1. The monoisotopic (exact) mass is 114 g/mol. The predicted molar refractivity (Wildman–Crippen MR) is 26.5 cm³/mol. The number of nitrogens with two attached hydrogens (primary N) is 1. The van der Waals surface area contributed by atoms with Crippen LogP contribution >= 0.6 is 0 Å². The van der Waals surface area contributed by atoms with Gasteiger partial charge in [-0.25, -0.2) is 0 Å². The van der Waals surface area contributed by atoms with Crippen LogP contribution in [0, 0.1) is 6.92 Å². The summed E-state index contributed by atoms with van der Waals surface area (Å²) in [5.41, 5.74) is 0. The largest absolute Gasteiger partial charge is 0.421 e. The van der Waals surface area contributed by atoms with Gasteiger partial charge in [-0.1, -0.05) is 5.10 Å². The average molecular weight is 114 g/mol. The minimum atomic E-state index is 0.586. The van der Waals surface area contributed by atoms with Gasteiger partial charge in [-0.05, 0) is 0 Å². The molecule has 44 valence electrons. The first-order chi connectivity index (χ1) is 3.83. The van der Waals surface area contributed by atoms with Gasteiger partial charge in [0, 0.05) is 6.92 Å². The SMILES string of the molecule is C[NH2+]c1nnc(C)o1. The molecule has 1 rings (SSSR count). The Morgan fingerprint density at radius 2 is 2.25 bits per heavy atom. The van der Waals surface area contributed by atoms with Crippen LogP contribution in [0.1, 0.15) is 5.89 Å². The first-order valence-electron chi connectivity index (χ1n) is 2.42. The highest BCUT2D eigenvalue weighted by Crippen LogP contribution is 1.93. The molecule has 4 nitrogen and oxygen atoms in total. The van der Waals surface area contributed by atoms with Crippen LogP contribution in [-0.2, 0) is 0 Å². The average Bonchev–Trinajstić information content (AvgIpc) is 2.14. The van der Waals surface area contributed by atoms with Crippen LogP contribution in [0.2, 0.25) is 0 Å². The summed E-state index contributed by atoms with van der Waals surface area (Å²) in [6.07, 6.45) is 0. The van der Waals surface area contributed by atoms with Crippen LogP contribution in [0.3, 0.4) is 0 Å². The Balaban J connectivity index is 2.84. The lowest BCUT2D eigenvalue weighted by molar-refractivity contribution is -0.557. The third-order valence-electron chi connectivity index (χ3n) is 0.789. The fourth-order valence-electron chi connectivity index (χ4n) is 0.429. The van der Waals surface area contributed by atoms with Crippen molar-refractivity contribution < 1.29 is 9.73 Å². The van der Waals surface area contributed by atoms with Crippen LogP contribution in [0.5, 0.6) is 0 Å². The summed E-state index contributed by atoms with van der Waals surface area (Å²) in [5.74, 6) is 0.609. The van der Waals surface area contributed by atoms with Gasteiger partial charge in [0.1, 0.15) is 0 Å². The maximum Gasteiger partial charge on any atom is 0.421 e. The Kier molecular flexibility index (Phi) is 1.26. The highest BCUT2D eigenvalue weighted by Gasteiger charge is 1.99. The molecule has 0 fully saturated rings. The fourth-order valence-corrected chi connectivity index (χ4v) is 0.429. The molecule has 1 heterocycles. The van der Waals surface area contributed by atoms with Gasteiger partial charge in [-0.3, -0.25) is 5.32 Å². The molecule has 0 radical (unpaired) electrons. The molecule has 0 atom stereocenters. The standard InChI is InChI=1S/C4H7N3O/c1-3-6-7-4(5-2)8-3/h1-2H3,(H,5,7)/p+1. The highest BCUT2D eigenvalue weighted by atomic mass is 16.4. The van der Waals surface area contributed by atoms with Crippen molar-refractivity contribution in [2.24, 2.45) is 0 Å². The Hall–Kier alpha value is -0.900. The van der Waals surface area contributed by atoms with E-state index in [-0.39, 0.29) is 0 Å². The predicted octanol–water partition coefficient (Wildman–Crippen LogP) is -0.797. The molecule has 2 N–H and O–H groups in total. The number of nitrogens with zero attached hydrogens (tertiary/aromatic N) is 2. The first-order valence-corrected chi connectivity index (χ1v) is 2.42. The summed E-state index contributed by atoms with van der Waals surface area (Å²) in [4.78, 5) is 0. The van der Waals surface area contributed by atoms with Gasteiger partial charge in [-0.2, -0.15) is 0 Å². The van der Waals surface area contributed by atoms with Crippen LogP contribution in [0.25, 0.3) is 0 Å². The second-order valence-electron chi connectivity index (χ2n) is 1.45. The molecule has 0 aromatic carbocycles. The van der Waals surface area contributed by atoms with Crippen molar-refractivity contribution in [3.63, 3.8) is 0 Å². The Morgan fingerprint density at radius 1 is 1.50 bits per heavy atom. The second kappa shape index (κ2) is 1.92. The van der Waals surface area contributed by atoms with Crippen molar-refractivity contribution in [2.45, 2.75) is 6.92 Å². The van der Waals surface area contributed by atoms with E-state index in [1.807, 2.05) is 7.05 Å². The molecule has 4 heteroatoms. The molecule has 0 saturated heterocycles. The topological polar surface area (TPSA) is 55.5 Å². The van der Waals surface area contributed by atoms with E-state index in [0.29, 0.717) is 11.9 Å². The van der Waals surface area contributed by atoms with E-state index in [1.54, 1.807) is 12.2 Å². The van der Waals surface area contributed by atoms with Gasteiger partial charge in [-0.15, -0.1) is 5.10 Å². The van der Waals surface area contributed by atoms with Crippen molar-refractivity contribution in [1.29, 1.82) is 0 Å². The molecule has 0 aliphatic heterocycles. The van der Waals surface area contributed by atoms with Crippen LogP contribution in [-0.4, -0.2) is 17.2 Å². The zero-order chi connectivity index (χ0) is 5.98. The molecule has 1 aromatic rings. The number of rotatable bonds is 1.